The summed E-state index contributed by atoms with van der Waals surface area (Å²) in [7, 11) is 2.03. The molecule has 1 aromatic carbocycles. The van der Waals surface area contributed by atoms with Gasteiger partial charge in [0.05, 0.1) is 11.2 Å². The van der Waals surface area contributed by atoms with Crippen LogP contribution in [-0.4, -0.2) is 4.57 Å². The molecule has 0 aliphatic rings. The first-order valence-corrected chi connectivity index (χ1v) is 4.42. The minimum Gasteiger partial charge on any atom is -0.397 e. The molecule has 2 nitrogen and oxygen atoms in total. The first-order valence-electron chi connectivity index (χ1n) is 4.42. The second kappa shape index (κ2) is 2.52. The molecule has 0 amide bonds. The first kappa shape index (κ1) is 8.17. The van der Waals surface area contributed by atoms with Gasteiger partial charge in [0.1, 0.15) is 0 Å². The van der Waals surface area contributed by atoms with E-state index in [-0.39, 0.29) is 0 Å². The van der Waals surface area contributed by atoms with Gasteiger partial charge in [0.2, 0.25) is 0 Å². The number of aryl methyl sites for hydroxylation is 3. The van der Waals surface area contributed by atoms with Crippen LogP contribution in [0.4, 0.5) is 5.69 Å². The third kappa shape index (κ3) is 1.02. The van der Waals surface area contributed by atoms with Crippen LogP contribution < -0.4 is 5.73 Å². The molecule has 68 valence electrons. The molecule has 0 fully saturated rings. The van der Waals surface area contributed by atoms with E-state index >= 15 is 0 Å². The lowest BCUT2D eigenvalue weighted by Crippen LogP contribution is -1.96. The van der Waals surface area contributed by atoms with Gasteiger partial charge in [-0.15, -0.1) is 0 Å². The number of fused-ring (bicyclic) bond motifs is 1. The SMILES string of the molecule is Cc1cc(C)c2ccn(C)c2c1N. The van der Waals surface area contributed by atoms with E-state index in [1.54, 1.807) is 0 Å². The summed E-state index contributed by atoms with van der Waals surface area (Å²) in [5.41, 5.74) is 10.5. The third-order valence-electron chi connectivity index (χ3n) is 2.61. The molecule has 13 heavy (non-hydrogen) atoms. The second-order valence-corrected chi connectivity index (χ2v) is 3.61. The van der Waals surface area contributed by atoms with Crippen LogP contribution in [0.2, 0.25) is 0 Å². The van der Waals surface area contributed by atoms with Crippen molar-refractivity contribution in [1.82, 2.24) is 4.57 Å². The van der Waals surface area contributed by atoms with E-state index < -0.39 is 0 Å². The molecule has 0 saturated heterocycles. The molecule has 2 N–H and O–H groups in total. The summed E-state index contributed by atoms with van der Waals surface area (Å²) >= 11 is 0. The van der Waals surface area contributed by atoms with Gasteiger partial charge in [-0.2, -0.15) is 0 Å². The van der Waals surface area contributed by atoms with Gasteiger partial charge in [0.25, 0.3) is 0 Å². The maximum Gasteiger partial charge on any atom is 0.0716 e. The fraction of sp³-hybridized carbons (Fsp3) is 0.273. The molecule has 1 heterocycles. The highest BCUT2D eigenvalue weighted by Crippen LogP contribution is 2.27. The van der Waals surface area contributed by atoms with Crippen LogP contribution in [0, 0.1) is 13.8 Å². The maximum absolute atomic E-state index is 6.01. The highest BCUT2D eigenvalue weighted by molar-refractivity contribution is 5.94. The minimum atomic E-state index is 0.896. The predicted octanol–water partition coefficient (Wildman–Crippen LogP) is 2.38. The van der Waals surface area contributed by atoms with Crippen LogP contribution in [0.3, 0.4) is 0 Å². The normalized spacial score (nSPS) is 11.0. The third-order valence-corrected chi connectivity index (χ3v) is 2.61. The Balaban J connectivity index is 3.00. The highest BCUT2D eigenvalue weighted by atomic mass is 14.9. The zero-order chi connectivity index (χ0) is 9.59. The molecule has 2 aromatic rings. The Bertz CT molecular complexity index is 466. The number of anilines is 1. The fourth-order valence-electron chi connectivity index (χ4n) is 1.85. The number of rotatable bonds is 0. The molecule has 2 rings (SSSR count). The predicted molar refractivity (Wildman–Crippen MR) is 56.8 cm³/mol. The summed E-state index contributed by atoms with van der Waals surface area (Å²) in [5.74, 6) is 0. The van der Waals surface area contributed by atoms with E-state index in [4.69, 9.17) is 5.73 Å². The van der Waals surface area contributed by atoms with Gasteiger partial charge < -0.3 is 10.3 Å². The van der Waals surface area contributed by atoms with Crippen molar-refractivity contribution in [2.75, 3.05) is 5.73 Å². The zero-order valence-corrected chi connectivity index (χ0v) is 8.26. The Morgan fingerprint density at radius 3 is 2.62 bits per heavy atom. The van der Waals surface area contributed by atoms with Crippen LogP contribution >= 0.6 is 0 Å². The van der Waals surface area contributed by atoms with Gasteiger partial charge in [-0.05, 0) is 31.0 Å². The Morgan fingerprint density at radius 1 is 1.23 bits per heavy atom. The van der Waals surface area contributed by atoms with Crippen LogP contribution in [0.1, 0.15) is 11.1 Å². The Hall–Kier alpha value is -1.44. The minimum absolute atomic E-state index is 0.896. The molecule has 0 unspecified atom stereocenters. The molecular weight excluding hydrogens is 160 g/mol. The largest absolute Gasteiger partial charge is 0.397 e. The van der Waals surface area contributed by atoms with E-state index in [2.05, 4.69) is 30.5 Å². The lowest BCUT2D eigenvalue weighted by molar-refractivity contribution is 0.969. The Morgan fingerprint density at radius 2 is 1.92 bits per heavy atom. The van der Waals surface area contributed by atoms with E-state index in [1.165, 1.54) is 10.9 Å². The molecule has 0 bridgehead atoms. The molecule has 0 aliphatic carbocycles. The molecule has 0 radical (unpaired) electrons. The van der Waals surface area contributed by atoms with Crippen molar-refractivity contribution >= 4 is 16.6 Å². The summed E-state index contributed by atoms with van der Waals surface area (Å²) in [4.78, 5) is 0. The van der Waals surface area contributed by atoms with Crippen molar-refractivity contribution in [1.29, 1.82) is 0 Å². The number of nitrogen functional groups attached to an aromatic ring is 1. The summed E-state index contributed by atoms with van der Waals surface area (Å²) in [6.45, 7) is 4.17. The summed E-state index contributed by atoms with van der Waals surface area (Å²) in [6, 6.07) is 4.25. The van der Waals surface area contributed by atoms with Crippen LogP contribution in [0.15, 0.2) is 18.3 Å². The molecule has 0 aliphatic heterocycles. The van der Waals surface area contributed by atoms with Crippen LogP contribution in [0.25, 0.3) is 10.9 Å². The van der Waals surface area contributed by atoms with Crippen LogP contribution in [0.5, 0.6) is 0 Å². The van der Waals surface area contributed by atoms with E-state index in [0.29, 0.717) is 0 Å². The summed E-state index contributed by atoms with van der Waals surface area (Å²) < 4.78 is 2.07. The average molecular weight is 174 g/mol. The van der Waals surface area contributed by atoms with E-state index in [1.807, 2.05) is 13.2 Å². The lowest BCUT2D eigenvalue weighted by Gasteiger charge is -2.07. The zero-order valence-electron chi connectivity index (χ0n) is 8.26. The number of hydrogen-bond acceptors (Lipinski definition) is 1. The van der Waals surface area contributed by atoms with Gasteiger partial charge in [-0.3, -0.25) is 0 Å². The number of hydrogen-bond donors (Lipinski definition) is 1. The molecule has 2 heteroatoms. The van der Waals surface area contributed by atoms with E-state index in [9.17, 15) is 0 Å². The van der Waals surface area contributed by atoms with Crippen molar-refractivity contribution in [2.45, 2.75) is 13.8 Å². The van der Waals surface area contributed by atoms with Gasteiger partial charge in [0.15, 0.2) is 0 Å². The van der Waals surface area contributed by atoms with Gasteiger partial charge in [-0.1, -0.05) is 6.07 Å². The van der Waals surface area contributed by atoms with E-state index in [0.717, 1.165) is 16.8 Å². The second-order valence-electron chi connectivity index (χ2n) is 3.61. The topological polar surface area (TPSA) is 30.9 Å². The van der Waals surface area contributed by atoms with Crippen molar-refractivity contribution < 1.29 is 0 Å². The number of benzene rings is 1. The summed E-state index contributed by atoms with van der Waals surface area (Å²) in [6.07, 6.45) is 2.05. The van der Waals surface area contributed by atoms with Crippen molar-refractivity contribution in [2.24, 2.45) is 7.05 Å². The quantitative estimate of drug-likeness (QED) is 0.611. The Kier molecular flexibility index (Phi) is 1.59. The highest BCUT2D eigenvalue weighted by Gasteiger charge is 2.06. The Labute approximate surface area is 78.0 Å². The molecule has 0 atom stereocenters. The van der Waals surface area contributed by atoms with Gasteiger partial charge in [-0.25, -0.2) is 0 Å². The lowest BCUT2D eigenvalue weighted by atomic mass is 10.1. The van der Waals surface area contributed by atoms with Gasteiger partial charge in [0, 0.05) is 18.6 Å². The van der Waals surface area contributed by atoms with Crippen molar-refractivity contribution in [3.05, 3.63) is 29.5 Å². The van der Waals surface area contributed by atoms with Gasteiger partial charge >= 0.3 is 0 Å². The monoisotopic (exact) mass is 174 g/mol. The number of nitrogens with two attached hydrogens (primary N) is 1. The molecule has 0 saturated carbocycles. The molecular formula is C11H14N2. The molecule has 1 aromatic heterocycles. The maximum atomic E-state index is 6.01. The first-order chi connectivity index (χ1) is 6.11. The number of aromatic nitrogens is 1. The fourth-order valence-corrected chi connectivity index (χ4v) is 1.85. The summed E-state index contributed by atoms with van der Waals surface area (Å²) in [5, 5.41) is 1.26. The van der Waals surface area contributed by atoms with Crippen LogP contribution in [-0.2, 0) is 7.05 Å². The smallest absolute Gasteiger partial charge is 0.0716 e. The standard InChI is InChI=1S/C11H14N2/c1-7-6-8(2)10(12)11-9(7)4-5-13(11)3/h4-6H,12H2,1-3H3. The van der Waals surface area contributed by atoms with Crippen molar-refractivity contribution in [3.8, 4) is 0 Å². The number of nitrogens with zero attached hydrogens (tertiary/aromatic N) is 1. The van der Waals surface area contributed by atoms with Crippen molar-refractivity contribution in [3.63, 3.8) is 0 Å². The molecule has 0 spiro atoms. The average Bonchev–Trinajstić information content (AvgIpc) is 2.44.